The minimum atomic E-state index is 0.682. The summed E-state index contributed by atoms with van der Waals surface area (Å²) in [6.45, 7) is 8.69. The third kappa shape index (κ3) is 4.24. The van der Waals surface area contributed by atoms with Gasteiger partial charge in [0.25, 0.3) is 0 Å². The first kappa shape index (κ1) is 15.9. The zero-order valence-corrected chi connectivity index (χ0v) is 14.3. The number of nitrogens with one attached hydrogen (secondary N) is 1. The van der Waals surface area contributed by atoms with Gasteiger partial charge in [-0.25, -0.2) is 4.98 Å². The summed E-state index contributed by atoms with van der Waals surface area (Å²) in [7, 11) is 0. The highest BCUT2D eigenvalue weighted by molar-refractivity contribution is 7.99. The molecule has 0 amide bonds. The second kappa shape index (κ2) is 8.05. The van der Waals surface area contributed by atoms with Gasteiger partial charge in [0.1, 0.15) is 5.03 Å². The van der Waals surface area contributed by atoms with E-state index in [-0.39, 0.29) is 0 Å². The van der Waals surface area contributed by atoms with Gasteiger partial charge in [0, 0.05) is 18.1 Å². The number of thiazole rings is 1. The van der Waals surface area contributed by atoms with Gasteiger partial charge in [0.2, 0.25) is 0 Å². The van der Waals surface area contributed by atoms with E-state index in [0.717, 1.165) is 18.1 Å². The number of nitrogens with zero attached hydrogens (tertiary/aromatic N) is 2. The maximum atomic E-state index is 4.77. The summed E-state index contributed by atoms with van der Waals surface area (Å²) >= 11 is 3.63. The Morgan fingerprint density at radius 3 is 3.00 bits per heavy atom. The lowest BCUT2D eigenvalue weighted by molar-refractivity contribution is 0.544. The molecule has 0 aliphatic carbocycles. The largest absolute Gasteiger partial charge is 0.311 e. The molecule has 3 nitrogen and oxygen atoms in total. The predicted octanol–water partition coefficient (Wildman–Crippen LogP) is 4.42. The Morgan fingerprint density at radius 1 is 1.40 bits per heavy atom. The van der Waals surface area contributed by atoms with Crippen LogP contribution in [0.1, 0.15) is 45.7 Å². The molecule has 20 heavy (non-hydrogen) atoms. The zero-order valence-electron chi connectivity index (χ0n) is 12.7. The van der Waals surface area contributed by atoms with Gasteiger partial charge in [0.05, 0.1) is 5.69 Å². The van der Waals surface area contributed by atoms with E-state index in [4.69, 9.17) is 4.98 Å². The minimum Gasteiger partial charge on any atom is -0.311 e. The SMILES string of the molecule is CCCCCSc1nc2sccn2c1CNCC(C)C. The highest BCUT2D eigenvalue weighted by atomic mass is 32.2. The molecule has 2 heterocycles. The normalized spacial score (nSPS) is 11.8. The van der Waals surface area contributed by atoms with E-state index in [2.05, 4.69) is 42.1 Å². The molecule has 0 spiro atoms. The number of fused-ring (bicyclic) bond motifs is 1. The molecule has 0 unspecified atom stereocenters. The van der Waals surface area contributed by atoms with Crippen LogP contribution in [0.25, 0.3) is 4.96 Å². The Balaban J connectivity index is 2.01. The van der Waals surface area contributed by atoms with Crippen molar-refractivity contribution >= 4 is 28.1 Å². The summed E-state index contributed by atoms with van der Waals surface area (Å²) in [5, 5.41) is 6.86. The van der Waals surface area contributed by atoms with Crippen LogP contribution in [0.15, 0.2) is 16.6 Å². The minimum absolute atomic E-state index is 0.682. The Kier molecular flexibility index (Phi) is 6.39. The second-order valence-electron chi connectivity index (χ2n) is 5.50. The highest BCUT2D eigenvalue weighted by Crippen LogP contribution is 2.26. The van der Waals surface area contributed by atoms with Crippen molar-refractivity contribution < 1.29 is 0 Å². The maximum absolute atomic E-state index is 4.77. The molecule has 5 heteroatoms. The van der Waals surface area contributed by atoms with Crippen LogP contribution in [0, 0.1) is 5.92 Å². The molecular formula is C15H25N3S2. The van der Waals surface area contributed by atoms with Crippen LogP contribution in [-0.2, 0) is 6.54 Å². The molecule has 2 aromatic heterocycles. The Hall–Kier alpha value is -0.520. The topological polar surface area (TPSA) is 29.3 Å². The highest BCUT2D eigenvalue weighted by Gasteiger charge is 2.13. The molecule has 0 fully saturated rings. The van der Waals surface area contributed by atoms with Gasteiger partial charge < -0.3 is 5.32 Å². The lowest BCUT2D eigenvalue weighted by Crippen LogP contribution is -2.20. The van der Waals surface area contributed by atoms with Crippen molar-refractivity contribution in [3.05, 3.63) is 17.3 Å². The molecule has 0 saturated heterocycles. The van der Waals surface area contributed by atoms with Crippen LogP contribution in [-0.4, -0.2) is 21.7 Å². The van der Waals surface area contributed by atoms with Crippen LogP contribution in [0.2, 0.25) is 0 Å². The molecule has 0 aromatic carbocycles. The standard InChI is InChI=1S/C15H25N3S2/c1-4-5-6-8-19-14-13(11-16-10-12(2)3)18-7-9-20-15(18)17-14/h7,9,12,16H,4-6,8,10-11H2,1-3H3. The average Bonchev–Trinajstić information content (AvgIpc) is 2.97. The fourth-order valence-corrected chi connectivity index (χ4v) is 3.91. The summed E-state index contributed by atoms with van der Waals surface area (Å²) in [6.07, 6.45) is 6.01. The van der Waals surface area contributed by atoms with E-state index in [1.165, 1.54) is 35.7 Å². The monoisotopic (exact) mass is 311 g/mol. The van der Waals surface area contributed by atoms with E-state index >= 15 is 0 Å². The van der Waals surface area contributed by atoms with Crippen LogP contribution in [0.3, 0.4) is 0 Å². The fourth-order valence-electron chi connectivity index (χ4n) is 2.09. The van der Waals surface area contributed by atoms with Crippen molar-refractivity contribution in [2.45, 2.75) is 51.6 Å². The molecule has 0 aliphatic heterocycles. The molecule has 2 rings (SSSR count). The number of unbranched alkanes of at least 4 members (excludes halogenated alkanes) is 2. The molecule has 0 saturated carbocycles. The number of rotatable bonds is 9. The van der Waals surface area contributed by atoms with Gasteiger partial charge in [-0.1, -0.05) is 33.6 Å². The van der Waals surface area contributed by atoms with Crippen LogP contribution in [0.5, 0.6) is 0 Å². The summed E-state index contributed by atoms with van der Waals surface area (Å²) in [6, 6.07) is 0. The van der Waals surface area contributed by atoms with Gasteiger partial charge >= 0.3 is 0 Å². The van der Waals surface area contributed by atoms with Crippen molar-refractivity contribution in [1.82, 2.24) is 14.7 Å². The molecule has 0 atom stereocenters. The Morgan fingerprint density at radius 2 is 2.25 bits per heavy atom. The second-order valence-corrected chi connectivity index (χ2v) is 7.46. The van der Waals surface area contributed by atoms with Crippen molar-refractivity contribution in [3.8, 4) is 0 Å². The third-order valence-electron chi connectivity index (χ3n) is 3.16. The number of aromatic nitrogens is 2. The number of hydrogen-bond acceptors (Lipinski definition) is 4. The van der Waals surface area contributed by atoms with Crippen molar-refractivity contribution in [3.63, 3.8) is 0 Å². The molecule has 112 valence electrons. The Labute approximate surface area is 130 Å². The van der Waals surface area contributed by atoms with Gasteiger partial charge in [-0.05, 0) is 24.6 Å². The predicted molar refractivity (Wildman–Crippen MR) is 89.9 cm³/mol. The first-order valence-electron chi connectivity index (χ1n) is 7.50. The van der Waals surface area contributed by atoms with E-state index in [1.807, 2.05) is 11.8 Å². The summed E-state index contributed by atoms with van der Waals surface area (Å²) < 4.78 is 2.24. The number of hydrogen-bond donors (Lipinski definition) is 1. The van der Waals surface area contributed by atoms with Crippen molar-refractivity contribution in [1.29, 1.82) is 0 Å². The molecule has 0 aliphatic rings. The average molecular weight is 312 g/mol. The molecular weight excluding hydrogens is 286 g/mol. The third-order valence-corrected chi connectivity index (χ3v) is 5.01. The molecule has 0 bridgehead atoms. The van der Waals surface area contributed by atoms with Gasteiger partial charge in [-0.3, -0.25) is 4.40 Å². The summed E-state index contributed by atoms with van der Waals surface area (Å²) in [4.78, 5) is 5.89. The van der Waals surface area contributed by atoms with Gasteiger partial charge in [-0.2, -0.15) is 0 Å². The summed E-state index contributed by atoms with van der Waals surface area (Å²) in [5.74, 6) is 1.86. The fraction of sp³-hybridized carbons (Fsp3) is 0.667. The van der Waals surface area contributed by atoms with E-state index in [0.29, 0.717) is 5.92 Å². The van der Waals surface area contributed by atoms with E-state index in [9.17, 15) is 0 Å². The van der Waals surface area contributed by atoms with Gasteiger partial charge in [0.15, 0.2) is 4.96 Å². The number of imidazole rings is 1. The van der Waals surface area contributed by atoms with E-state index in [1.54, 1.807) is 11.3 Å². The van der Waals surface area contributed by atoms with Crippen molar-refractivity contribution in [2.75, 3.05) is 12.3 Å². The first-order valence-corrected chi connectivity index (χ1v) is 9.36. The van der Waals surface area contributed by atoms with Crippen LogP contribution in [0.4, 0.5) is 0 Å². The van der Waals surface area contributed by atoms with Crippen LogP contribution >= 0.6 is 23.1 Å². The lowest BCUT2D eigenvalue weighted by Gasteiger charge is -2.08. The lowest BCUT2D eigenvalue weighted by atomic mass is 10.2. The Bertz CT molecular complexity index is 516. The smallest absolute Gasteiger partial charge is 0.194 e. The van der Waals surface area contributed by atoms with Gasteiger partial charge in [-0.15, -0.1) is 23.1 Å². The molecule has 1 N–H and O–H groups in total. The molecule has 2 aromatic rings. The number of thioether (sulfide) groups is 1. The summed E-state index contributed by atoms with van der Waals surface area (Å²) in [5.41, 5.74) is 1.32. The van der Waals surface area contributed by atoms with E-state index < -0.39 is 0 Å². The van der Waals surface area contributed by atoms with Crippen molar-refractivity contribution in [2.24, 2.45) is 5.92 Å². The zero-order chi connectivity index (χ0) is 14.4. The van der Waals surface area contributed by atoms with Crippen LogP contribution < -0.4 is 5.32 Å². The molecule has 0 radical (unpaired) electrons. The quantitative estimate of drug-likeness (QED) is 0.549. The maximum Gasteiger partial charge on any atom is 0.194 e. The first-order chi connectivity index (χ1) is 9.72.